The molecule has 9 heteroatoms. The van der Waals surface area contributed by atoms with Crippen LogP contribution in [0.15, 0.2) is 72.8 Å². The Balaban J connectivity index is 1.68. The number of halogens is 2. The zero-order valence-electron chi connectivity index (χ0n) is 19.0. The highest BCUT2D eigenvalue weighted by Gasteiger charge is 2.47. The highest BCUT2D eigenvalue weighted by atomic mass is 127. The van der Waals surface area contributed by atoms with E-state index in [1.807, 2.05) is 43.3 Å². The number of imide groups is 1. The van der Waals surface area contributed by atoms with Crippen molar-refractivity contribution in [2.75, 3.05) is 12.4 Å². The molecule has 0 spiro atoms. The molecule has 4 amide bonds. The van der Waals surface area contributed by atoms with E-state index in [1.54, 1.807) is 43.5 Å². The van der Waals surface area contributed by atoms with Crippen molar-refractivity contribution in [2.45, 2.75) is 24.9 Å². The summed E-state index contributed by atoms with van der Waals surface area (Å²) in [7, 11) is 1.55. The fourth-order valence-electron chi connectivity index (χ4n) is 4.08. The number of hydrogen-bond donors (Lipinski definition) is 2. The number of amides is 4. The number of ether oxygens (including phenoxy) is 1. The molecule has 2 N–H and O–H groups in total. The van der Waals surface area contributed by atoms with E-state index in [4.69, 9.17) is 16.3 Å². The van der Waals surface area contributed by atoms with Gasteiger partial charge in [-0.15, -0.1) is 0 Å². The first-order chi connectivity index (χ1) is 16.8. The Kier molecular flexibility index (Phi) is 7.61. The van der Waals surface area contributed by atoms with Gasteiger partial charge >= 0.3 is 6.03 Å². The zero-order valence-corrected chi connectivity index (χ0v) is 21.9. The van der Waals surface area contributed by atoms with E-state index in [9.17, 15) is 14.4 Å². The number of rotatable bonds is 7. The van der Waals surface area contributed by atoms with Crippen LogP contribution in [0.25, 0.3) is 0 Å². The number of urea groups is 1. The molecule has 0 unspecified atom stereocenters. The number of methoxy groups -OCH3 is 1. The van der Waals surface area contributed by atoms with Gasteiger partial charge in [0.1, 0.15) is 17.8 Å². The van der Waals surface area contributed by atoms with Gasteiger partial charge in [0.15, 0.2) is 0 Å². The molecule has 0 aromatic heterocycles. The Morgan fingerprint density at radius 3 is 2.40 bits per heavy atom. The second-order valence-corrected chi connectivity index (χ2v) is 9.77. The molecule has 3 aromatic carbocycles. The predicted molar refractivity (Wildman–Crippen MR) is 143 cm³/mol. The highest BCUT2D eigenvalue weighted by Crippen LogP contribution is 2.32. The van der Waals surface area contributed by atoms with Gasteiger partial charge in [-0.3, -0.25) is 9.59 Å². The third-order valence-electron chi connectivity index (χ3n) is 5.95. The minimum absolute atomic E-state index is 0.365. The minimum atomic E-state index is -1.11. The lowest BCUT2D eigenvalue weighted by Crippen LogP contribution is -2.50. The van der Waals surface area contributed by atoms with E-state index >= 15 is 0 Å². The third kappa shape index (κ3) is 5.28. The molecule has 0 aliphatic carbocycles. The molecule has 1 aliphatic heterocycles. The summed E-state index contributed by atoms with van der Waals surface area (Å²) in [4.78, 5) is 41.2. The number of benzene rings is 3. The standard InChI is InChI=1S/C26H23ClIN3O4/c1-15(16-6-4-3-5-7-16)23(24(32)29-21-13-10-18(28)14-20(21)27)31-25(33)22(30-26(31)34)17-8-11-19(35-2)12-9-17/h3-15,22-23H,1-2H3,(H,29,32)(H,30,34)/t15-,22+,23-/m0/s1. The van der Waals surface area contributed by atoms with Gasteiger partial charge in [0, 0.05) is 9.49 Å². The van der Waals surface area contributed by atoms with Crippen molar-refractivity contribution >= 4 is 57.7 Å². The first-order valence-corrected chi connectivity index (χ1v) is 12.3. The zero-order chi connectivity index (χ0) is 25.1. The number of hydrogen-bond acceptors (Lipinski definition) is 4. The van der Waals surface area contributed by atoms with Crippen LogP contribution in [0.2, 0.25) is 5.02 Å². The van der Waals surface area contributed by atoms with Gasteiger partial charge in [-0.1, -0.05) is 61.0 Å². The lowest BCUT2D eigenvalue weighted by molar-refractivity contribution is -0.134. The van der Waals surface area contributed by atoms with Gasteiger partial charge in [0.2, 0.25) is 5.91 Å². The maximum atomic E-state index is 13.6. The third-order valence-corrected chi connectivity index (χ3v) is 6.94. The molecule has 0 saturated carbocycles. The van der Waals surface area contributed by atoms with Crippen molar-refractivity contribution in [3.63, 3.8) is 0 Å². The topological polar surface area (TPSA) is 87.7 Å². The van der Waals surface area contributed by atoms with Crippen molar-refractivity contribution in [2.24, 2.45) is 0 Å². The van der Waals surface area contributed by atoms with Crippen LogP contribution in [0, 0.1) is 3.57 Å². The summed E-state index contributed by atoms with van der Waals surface area (Å²) < 4.78 is 6.09. The Morgan fingerprint density at radius 1 is 1.09 bits per heavy atom. The molecule has 1 fully saturated rings. The van der Waals surface area contributed by atoms with Crippen LogP contribution < -0.4 is 15.4 Å². The number of anilines is 1. The lowest BCUT2D eigenvalue weighted by Gasteiger charge is -2.30. The molecule has 1 aliphatic rings. The van der Waals surface area contributed by atoms with Crippen LogP contribution in [-0.2, 0) is 9.59 Å². The van der Waals surface area contributed by atoms with Gasteiger partial charge < -0.3 is 15.4 Å². The van der Waals surface area contributed by atoms with Crippen molar-refractivity contribution in [1.29, 1.82) is 0 Å². The van der Waals surface area contributed by atoms with Gasteiger partial charge in [0.05, 0.1) is 17.8 Å². The van der Waals surface area contributed by atoms with E-state index in [0.717, 1.165) is 14.0 Å². The molecule has 0 bridgehead atoms. The average Bonchev–Trinajstić information content (AvgIpc) is 3.15. The Hall–Kier alpha value is -3.11. The first kappa shape index (κ1) is 25.0. The van der Waals surface area contributed by atoms with Crippen LogP contribution in [0.3, 0.4) is 0 Å². The van der Waals surface area contributed by atoms with Gasteiger partial charge in [-0.25, -0.2) is 9.69 Å². The maximum Gasteiger partial charge on any atom is 0.325 e. The number of nitrogens with one attached hydrogen (secondary N) is 2. The molecule has 180 valence electrons. The highest BCUT2D eigenvalue weighted by molar-refractivity contribution is 14.1. The second-order valence-electron chi connectivity index (χ2n) is 8.12. The minimum Gasteiger partial charge on any atom is -0.497 e. The Morgan fingerprint density at radius 2 is 1.77 bits per heavy atom. The van der Waals surface area contributed by atoms with Crippen molar-refractivity contribution in [3.8, 4) is 5.75 Å². The summed E-state index contributed by atoms with van der Waals surface area (Å²) in [5, 5.41) is 5.90. The monoisotopic (exact) mass is 603 g/mol. The van der Waals surface area contributed by atoms with Crippen molar-refractivity contribution < 1.29 is 19.1 Å². The molecular formula is C26H23ClIN3O4. The molecule has 0 radical (unpaired) electrons. The van der Waals surface area contributed by atoms with Crippen LogP contribution in [-0.4, -0.2) is 35.9 Å². The van der Waals surface area contributed by atoms with Gasteiger partial charge in [-0.05, 0) is 64.0 Å². The molecule has 35 heavy (non-hydrogen) atoms. The molecule has 1 saturated heterocycles. The lowest BCUT2D eigenvalue weighted by atomic mass is 9.91. The summed E-state index contributed by atoms with van der Waals surface area (Å²) >= 11 is 8.46. The van der Waals surface area contributed by atoms with Crippen LogP contribution in [0.5, 0.6) is 5.75 Å². The predicted octanol–water partition coefficient (Wildman–Crippen LogP) is 5.36. The van der Waals surface area contributed by atoms with Gasteiger partial charge in [-0.2, -0.15) is 0 Å². The maximum absolute atomic E-state index is 13.6. The average molecular weight is 604 g/mol. The molecule has 7 nitrogen and oxygen atoms in total. The SMILES string of the molecule is COc1ccc([C@H]2NC(=O)N([C@H](C(=O)Nc3ccc(I)cc3Cl)[C@@H](C)c3ccccc3)C2=O)cc1. The fraction of sp³-hybridized carbons (Fsp3) is 0.192. The normalized spacial score (nSPS) is 17.0. The molecule has 3 aromatic rings. The van der Waals surface area contributed by atoms with Crippen LogP contribution in [0.4, 0.5) is 10.5 Å². The molecule has 4 rings (SSSR count). The van der Waals surface area contributed by atoms with E-state index in [-0.39, 0.29) is 0 Å². The van der Waals surface area contributed by atoms with Gasteiger partial charge in [0.25, 0.3) is 5.91 Å². The Bertz CT molecular complexity index is 1250. The summed E-state index contributed by atoms with van der Waals surface area (Å²) in [6.45, 7) is 1.82. The summed E-state index contributed by atoms with van der Waals surface area (Å²) in [5.74, 6) is -0.866. The smallest absolute Gasteiger partial charge is 0.325 e. The number of nitrogens with zero attached hydrogens (tertiary/aromatic N) is 1. The number of carbonyl (C=O) groups is 3. The largest absolute Gasteiger partial charge is 0.497 e. The quantitative estimate of drug-likeness (QED) is 0.281. The summed E-state index contributed by atoms with van der Waals surface area (Å²) in [5.41, 5.74) is 1.81. The van der Waals surface area contributed by atoms with Crippen LogP contribution >= 0.6 is 34.2 Å². The van der Waals surface area contributed by atoms with Crippen LogP contribution in [0.1, 0.15) is 30.0 Å². The molecule has 1 heterocycles. The van der Waals surface area contributed by atoms with E-state index in [1.165, 1.54) is 0 Å². The number of carbonyl (C=O) groups excluding carboxylic acids is 3. The first-order valence-electron chi connectivity index (χ1n) is 10.9. The summed E-state index contributed by atoms with van der Waals surface area (Å²) in [6.07, 6.45) is 0. The Labute approximate surface area is 221 Å². The molecular weight excluding hydrogens is 581 g/mol. The van der Waals surface area contributed by atoms with E-state index in [2.05, 4.69) is 33.2 Å². The van der Waals surface area contributed by atoms with E-state index in [0.29, 0.717) is 22.0 Å². The fourth-order valence-corrected chi connectivity index (χ4v) is 4.99. The van der Waals surface area contributed by atoms with Crippen molar-refractivity contribution in [3.05, 3.63) is 92.5 Å². The van der Waals surface area contributed by atoms with E-state index < -0.39 is 35.8 Å². The summed E-state index contributed by atoms with van der Waals surface area (Å²) in [6, 6.07) is 18.7. The van der Waals surface area contributed by atoms with Crippen molar-refractivity contribution in [1.82, 2.24) is 10.2 Å². The molecule has 3 atom stereocenters. The second kappa shape index (κ2) is 10.7.